The first-order valence-electron chi connectivity index (χ1n) is 26.5. The van der Waals surface area contributed by atoms with E-state index >= 15 is 0 Å². The fraction of sp³-hybridized carbons (Fsp3) is 0.193. The van der Waals surface area contributed by atoms with Crippen molar-refractivity contribution >= 4 is 119 Å². The highest BCUT2D eigenvalue weighted by Crippen LogP contribution is 2.27. The molecule has 1 aliphatic rings. The second kappa shape index (κ2) is 27.2. The Morgan fingerprint density at radius 2 is 0.919 bits per heavy atom. The van der Waals surface area contributed by atoms with Gasteiger partial charge in [-0.05, 0) is 105 Å². The standard InChI is InChI=1S/C19H22N6O2.C14H13N5OS.C12H9N5O2S.C12H11N5S/c1-12(26)22-15-3-2-13-11-21-25(17(13)10-15)18-8-9-20-19(24-18)23-14-4-6-16(27)7-5-14;1-9(20)17-11-4-3-10-8-16-19(12(10)7-11)13-5-6-15-14(18-13)21-2;1-20-12-13-5-4-11(15-12)16-10-6-9(17(18)19)3-2-8(10)7-14-16;1-18-12-14-5-4-11(16-12)17-10-6-9(13)3-2-8(10)7-15-17/h2-3,8-11,14,16,27H,4-7H2,1H3,(H,22,26)(H,20,23,24);3-8H,1-2H3,(H,17,20);2-7H,1H3;2-7H,13H2,1H3. The number of nitrogen functional groups attached to an aromatic ring is 1. The van der Waals surface area contributed by atoms with E-state index < -0.39 is 4.92 Å². The molecule has 86 heavy (non-hydrogen) atoms. The number of fused-ring (bicyclic) bond motifs is 4. The summed E-state index contributed by atoms with van der Waals surface area (Å²) >= 11 is 4.40. The molecule has 26 nitrogen and oxygen atoms in total. The number of rotatable bonds is 12. The largest absolute Gasteiger partial charge is 0.399 e. The van der Waals surface area contributed by atoms with E-state index in [-0.39, 0.29) is 29.6 Å². The zero-order valence-corrected chi connectivity index (χ0v) is 49.3. The number of nitrogens with zero attached hydrogens (tertiary/aromatic N) is 17. The number of aliphatic hydroxyl groups is 1. The lowest BCUT2D eigenvalue weighted by Gasteiger charge is -2.26. The van der Waals surface area contributed by atoms with Crippen molar-refractivity contribution in [3.8, 4) is 23.3 Å². The van der Waals surface area contributed by atoms with Crippen LogP contribution in [0.1, 0.15) is 39.5 Å². The van der Waals surface area contributed by atoms with Gasteiger partial charge in [-0.1, -0.05) is 35.3 Å². The van der Waals surface area contributed by atoms with Gasteiger partial charge in [0.2, 0.25) is 17.8 Å². The molecule has 0 aliphatic heterocycles. The van der Waals surface area contributed by atoms with Crippen LogP contribution in [0, 0.1) is 10.1 Å². The lowest BCUT2D eigenvalue weighted by molar-refractivity contribution is -0.384. The van der Waals surface area contributed by atoms with Gasteiger partial charge in [0.25, 0.3) is 5.69 Å². The van der Waals surface area contributed by atoms with Crippen molar-refractivity contribution in [3.63, 3.8) is 0 Å². The predicted octanol–water partition coefficient (Wildman–Crippen LogP) is 9.55. The predicted molar refractivity (Wildman–Crippen MR) is 334 cm³/mol. The average Bonchev–Trinajstić information content (AvgIpc) is 2.80. The number of carbonyl (C=O) groups excluding carboxylic acids is 2. The van der Waals surface area contributed by atoms with E-state index in [1.807, 2.05) is 79.4 Å². The molecule has 0 spiro atoms. The molecule has 8 heterocycles. The summed E-state index contributed by atoms with van der Waals surface area (Å²) in [6.45, 7) is 2.96. The van der Waals surface area contributed by atoms with Crippen molar-refractivity contribution in [2.24, 2.45) is 0 Å². The van der Waals surface area contributed by atoms with Gasteiger partial charge in [-0.25, -0.2) is 53.6 Å². The molecule has 0 atom stereocenters. The van der Waals surface area contributed by atoms with Crippen molar-refractivity contribution in [2.45, 2.75) is 67.1 Å². The third-order valence-electron chi connectivity index (χ3n) is 13.1. The number of amides is 2. The first-order chi connectivity index (χ1) is 41.7. The maximum atomic E-state index is 11.3. The van der Waals surface area contributed by atoms with E-state index in [0.717, 1.165) is 80.4 Å². The highest BCUT2D eigenvalue weighted by molar-refractivity contribution is 7.98. The van der Waals surface area contributed by atoms with E-state index in [0.29, 0.717) is 50.6 Å². The summed E-state index contributed by atoms with van der Waals surface area (Å²) in [5.41, 5.74) is 11.3. The van der Waals surface area contributed by atoms with Crippen LogP contribution in [0.5, 0.6) is 0 Å². The Bertz CT molecular complexity index is 4390. The zero-order valence-electron chi connectivity index (χ0n) is 46.8. The van der Waals surface area contributed by atoms with Gasteiger partial charge in [0, 0.05) is 120 Å². The lowest BCUT2D eigenvalue weighted by Crippen LogP contribution is -2.29. The van der Waals surface area contributed by atoms with Crippen molar-refractivity contribution < 1.29 is 19.6 Å². The second-order valence-electron chi connectivity index (χ2n) is 19.0. The summed E-state index contributed by atoms with van der Waals surface area (Å²) in [6, 6.07) is 29.0. The Labute approximate surface area is 503 Å². The van der Waals surface area contributed by atoms with E-state index in [9.17, 15) is 24.8 Å². The maximum Gasteiger partial charge on any atom is 0.271 e. The topological polar surface area (TPSA) is 334 Å². The molecule has 0 bridgehead atoms. The molecule has 12 aromatic rings. The smallest absolute Gasteiger partial charge is 0.271 e. The minimum Gasteiger partial charge on any atom is -0.399 e. The van der Waals surface area contributed by atoms with Gasteiger partial charge >= 0.3 is 0 Å². The molecule has 6 N–H and O–H groups in total. The molecule has 436 valence electrons. The number of nitrogens with two attached hydrogens (primary N) is 1. The summed E-state index contributed by atoms with van der Waals surface area (Å²) < 4.78 is 6.82. The SMILES string of the molecule is CC(=O)Nc1ccc2cnn(-c3ccnc(NC4CCC(O)CC4)n3)c2c1.CSc1nccc(-n2ncc3ccc(N)cc32)n1.CSc1nccc(-n2ncc3ccc(NC(C)=O)cc32)n1.CSc1nccc(-n2ncc3ccc([N+](=O)[O-])cc32)n1. The number of thioether (sulfide) groups is 3. The van der Waals surface area contributed by atoms with Crippen LogP contribution in [0.3, 0.4) is 0 Å². The van der Waals surface area contributed by atoms with Gasteiger partial charge in [-0.15, -0.1) is 0 Å². The number of anilines is 4. The summed E-state index contributed by atoms with van der Waals surface area (Å²) in [5, 5.41) is 52.6. The van der Waals surface area contributed by atoms with Crippen molar-refractivity contribution in [2.75, 3.05) is 40.5 Å². The number of non-ortho nitro benzene ring substituents is 1. The summed E-state index contributed by atoms with van der Waals surface area (Å²) in [7, 11) is 0. The molecular formula is C57H55N21O5S3. The number of aromatic nitrogens is 16. The summed E-state index contributed by atoms with van der Waals surface area (Å²) in [4.78, 5) is 67.4. The minimum absolute atomic E-state index is 0.0263. The average molecular weight is 1210 g/mol. The van der Waals surface area contributed by atoms with Crippen LogP contribution in [-0.4, -0.2) is 132 Å². The quantitative estimate of drug-likeness (QED) is 0.0250. The van der Waals surface area contributed by atoms with Gasteiger partial charge in [-0.2, -0.15) is 25.4 Å². The Balaban J connectivity index is 0.000000129. The molecule has 1 aliphatic carbocycles. The molecule has 1 fully saturated rings. The number of nitro benzene ring substituents is 1. The first kappa shape index (κ1) is 59.2. The number of aliphatic hydroxyl groups excluding tert-OH is 1. The monoisotopic (exact) mass is 1210 g/mol. The number of nitrogens with one attached hydrogen (secondary N) is 3. The molecule has 4 aromatic carbocycles. The first-order valence-corrected chi connectivity index (χ1v) is 30.2. The van der Waals surface area contributed by atoms with Crippen LogP contribution >= 0.6 is 35.3 Å². The fourth-order valence-corrected chi connectivity index (χ4v) is 10.1. The normalized spacial score (nSPS) is 13.7. The number of hydrogen-bond acceptors (Lipinski definition) is 22. The number of carbonyl (C=O) groups is 2. The van der Waals surface area contributed by atoms with Crippen molar-refractivity contribution in [1.29, 1.82) is 0 Å². The maximum absolute atomic E-state index is 11.3. The molecule has 29 heteroatoms. The Kier molecular flexibility index (Phi) is 18.7. The Morgan fingerprint density at radius 3 is 1.34 bits per heavy atom. The van der Waals surface area contributed by atoms with E-state index in [1.54, 1.807) is 92.6 Å². The molecule has 1 saturated carbocycles. The van der Waals surface area contributed by atoms with Crippen LogP contribution in [-0.2, 0) is 9.59 Å². The molecule has 8 aromatic heterocycles. The lowest BCUT2D eigenvalue weighted by atomic mass is 9.93. The number of hydrogen-bond donors (Lipinski definition) is 5. The summed E-state index contributed by atoms with van der Waals surface area (Å²) in [5.74, 6) is 3.01. The van der Waals surface area contributed by atoms with Crippen LogP contribution in [0.4, 0.5) is 28.7 Å². The fourth-order valence-electron chi connectivity index (χ4n) is 9.07. The van der Waals surface area contributed by atoms with Crippen LogP contribution in [0.2, 0.25) is 0 Å². The third kappa shape index (κ3) is 14.3. The third-order valence-corrected chi connectivity index (χ3v) is 14.8. The van der Waals surface area contributed by atoms with Crippen LogP contribution in [0.15, 0.2) is 162 Å². The molecule has 0 saturated heterocycles. The zero-order chi connectivity index (χ0) is 60.3. The van der Waals surface area contributed by atoms with Crippen molar-refractivity contribution in [3.05, 3.63) is 157 Å². The molecule has 2 amide bonds. The number of benzene rings is 4. The van der Waals surface area contributed by atoms with Crippen LogP contribution in [0.25, 0.3) is 66.9 Å². The Hall–Kier alpha value is -9.97. The van der Waals surface area contributed by atoms with Crippen LogP contribution < -0.4 is 21.7 Å². The van der Waals surface area contributed by atoms with Gasteiger partial charge in [-0.3, -0.25) is 19.7 Å². The summed E-state index contributed by atoms with van der Waals surface area (Å²) in [6.07, 6.45) is 22.7. The van der Waals surface area contributed by atoms with E-state index in [1.165, 1.54) is 61.3 Å². The molecular weight excluding hydrogens is 1150 g/mol. The molecule has 13 rings (SSSR count). The van der Waals surface area contributed by atoms with Crippen molar-refractivity contribution in [1.82, 2.24) is 79.0 Å². The molecule has 0 unspecified atom stereocenters. The van der Waals surface area contributed by atoms with E-state index in [2.05, 4.69) is 76.2 Å². The molecule has 0 radical (unpaired) electrons. The highest BCUT2D eigenvalue weighted by Gasteiger charge is 2.21. The van der Waals surface area contributed by atoms with Gasteiger partial charge in [0.05, 0.1) is 57.9 Å². The second-order valence-corrected chi connectivity index (χ2v) is 21.4. The van der Waals surface area contributed by atoms with E-state index in [4.69, 9.17) is 5.73 Å². The highest BCUT2D eigenvalue weighted by atomic mass is 32.2. The minimum atomic E-state index is -0.427. The Morgan fingerprint density at radius 1 is 0.535 bits per heavy atom. The number of nitro groups is 1. The van der Waals surface area contributed by atoms with Gasteiger partial charge < -0.3 is 26.8 Å². The van der Waals surface area contributed by atoms with Gasteiger partial charge in [0.1, 0.15) is 0 Å². The van der Waals surface area contributed by atoms with Gasteiger partial charge in [0.15, 0.2) is 38.7 Å².